The van der Waals surface area contributed by atoms with E-state index in [1.165, 1.54) is 5.56 Å². The average Bonchev–Trinajstić information content (AvgIpc) is 2.56. The normalized spacial score (nSPS) is 15.8. The predicted molar refractivity (Wildman–Crippen MR) is 91.8 cm³/mol. The molecule has 2 aromatic carbocycles. The standard InChI is InChI=1S/C18H19BrN2O/c19-17-8-4-5-15(13-17)14-20-9-11-21(12-10-20)18(22)16-6-2-1-3-7-16/h1-8,13H,9-12,14H2. The van der Waals surface area contributed by atoms with Crippen LogP contribution in [0.5, 0.6) is 0 Å². The maximum Gasteiger partial charge on any atom is 0.253 e. The molecular weight excluding hydrogens is 340 g/mol. The lowest BCUT2D eigenvalue weighted by molar-refractivity contribution is 0.0628. The lowest BCUT2D eigenvalue weighted by Crippen LogP contribution is -2.48. The van der Waals surface area contributed by atoms with Crippen molar-refractivity contribution in [2.45, 2.75) is 6.54 Å². The maximum absolute atomic E-state index is 12.4. The average molecular weight is 359 g/mol. The van der Waals surface area contributed by atoms with Gasteiger partial charge in [0.25, 0.3) is 5.91 Å². The third-order valence-electron chi connectivity index (χ3n) is 3.98. The minimum atomic E-state index is 0.141. The summed E-state index contributed by atoms with van der Waals surface area (Å²) in [5.41, 5.74) is 2.08. The van der Waals surface area contributed by atoms with Crippen LogP contribution in [0.2, 0.25) is 0 Å². The van der Waals surface area contributed by atoms with Gasteiger partial charge in [-0.05, 0) is 29.8 Å². The van der Waals surface area contributed by atoms with Gasteiger partial charge in [-0.2, -0.15) is 0 Å². The van der Waals surface area contributed by atoms with Gasteiger partial charge in [-0.1, -0.05) is 46.3 Å². The molecule has 1 amide bonds. The predicted octanol–water partition coefficient (Wildman–Crippen LogP) is 3.41. The Balaban J connectivity index is 1.55. The number of carbonyl (C=O) groups is 1. The fourth-order valence-corrected chi connectivity index (χ4v) is 3.21. The monoisotopic (exact) mass is 358 g/mol. The smallest absolute Gasteiger partial charge is 0.253 e. The van der Waals surface area contributed by atoms with Gasteiger partial charge in [0.2, 0.25) is 0 Å². The Hall–Kier alpha value is -1.65. The topological polar surface area (TPSA) is 23.6 Å². The number of rotatable bonds is 3. The molecule has 0 aliphatic carbocycles. The van der Waals surface area contributed by atoms with Crippen LogP contribution in [0.1, 0.15) is 15.9 Å². The van der Waals surface area contributed by atoms with Crippen molar-refractivity contribution in [2.24, 2.45) is 0 Å². The van der Waals surface area contributed by atoms with Crippen LogP contribution >= 0.6 is 15.9 Å². The Kier molecular flexibility index (Phi) is 4.90. The number of benzene rings is 2. The Morgan fingerprint density at radius 1 is 0.955 bits per heavy atom. The third-order valence-corrected chi connectivity index (χ3v) is 4.47. The molecule has 22 heavy (non-hydrogen) atoms. The molecule has 2 aromatic rings. The number of amides is 1. The number of nitrogens with zero attached hydrogens (tertiary/aromatic N) is 2. The first kappa shape index (κ1) is 15.3. The fourth-order valence-electron chi connectivity index (χ4n) is 2.77. The van der Waals surface area contributed by atoms with Gasteiger partial charge < -0.3 is 4.90 Å². The van der Waals surface area contributed by atoms with Crippen molar-refractivity contribution in [3.05, 3.63) is 70.2 Å². The Morgan fingerprint density at radius 3 is 2.36 bits per heavy atom. The van der Waals surface area contributed by atoms with E-state index in [0.29, 0.717) is 0 Å². The molecule has 3 nitrogen and oxygen atoms in total. The van der Waals surface area contributed by atoms with Gasteiger partial charge in [-0.15, -0.1) is 0 Å². The lowest BCUT2D eigenvalue weighted by Gasteiger charge is -2.34. The molecule has 0 atom stereocenters. The van der Waals surface area contributed by atoms with Crippen molar-refractivity contribution in [3.63, 3.8) is 0 Å². The largest absolute Gasteiger partial charge is 0.336 e. The summed E-state index contributed by atoms with van der Waals surface area (Å²) >= 11 is 3.51. The first-order valence-electron chi connectivity index (χ1n) is 7.53. The molecule has 0 saturated carbocycles. The highest BCUT2D eigenvalue weighted by Crippen LogP contribution is 2.15. The van der Waals surface area contributed by atoms with Crippen LogP contribution in [0.15, 0.2) is 59.1 Å². The van der Waals surface area contributed by atoms with E-state index in [4.69, 9.17) is 0 Å². The minimum Gasteiger partial charge on any atom is -0.336 e. The van der Waals surface area contributed by atoms with Gasteiger partial charge in [0, 0.05) is 42.8 Å². The van der Waals surface area contributed by atoms with Gasteiger partial charge >= 0.3 is 0 Å². The summed E-state index contributed by atoms with van der Waals surface area (Å²) in [6.07, 6.45) is 0. The summed E-state index contributed by atoms with van der Waals surface area (Å²) in [4.78, 5) is 16.8. The van der Waals surface area contributed by atoms with Crippen molar-refractivity contribution in [3.8, 4) is 0 Å². The fraction of sp³-hybridized carbons (Fsp3) is 0.278. The second-order valence-electron chi connectivity index (χ2n) is 5.56. The molecule has 3 rings (SSSR count). The van der Waals surface area contributed by atoms with E-state index in [0.717, 1.165) is 42.8 Å². The van der Waals surface area contributed by atoms with Gasteiger partial charge in [0.1, 0.15) is 0 Å². The summed E-state index contributed by atoms with van der Waals surface area (Å²) < 4.78 is 1.11. The third kappa shape index (κ3) is 3.76. The Labute approximate surface area is 139 Å². The lowest BCUT2D eigenvalue weighted by atomic mass is 10.1. The number of hydrogen-bond donors (Lipinski definition) is 0. The molecule has 1 aliphatic heterocycles. The highest BCUT2D eigenvalue weighted by Gasteiger charge is 2.21. The van der Waals surface area contributed by atoms with Crippen LogP contribution in [0.25, 0.3) is 0 Å². The summed E-state index contributed by atoms with van der Waals surface area (Å²) in [7, 11) is 0. The molecule has 0 N–H and O–H groups in total. The van der Waals surface area contributed by atoms with Crippen LogP contribution < -0.4 is 0 Å². The molecule has 0 spiro atoms. The van der Waals surface area contributed by atoms with Crippen LogP contribution in [0.4, 0.5) is 0 Å². The number of piperazine rings is 1. The molecule has 1 aliphatic rings. The minimum absolute atomic E-state index is 0.141. The van der Waals surface area contributed by atoms with E-state index in [-0.39, 0.29) is 5.91 Å². The highest BCUT2D eigenvalue weighted by atomic mass is 79.9. The van der Waals surface area contributed by atoms with Crippen molar-refractivity contribution >= 4 is 21.8 Å². The second-order valence-corrected chi connectivity index (χ2v) is 6.48. The van der Waals surface area contributed by atoms with Crippen molar-refractivity contribution in [2.75, 3.05) is 26.2 Å². The first-order valence-corrected chi connectivity index (χ1v) is 8.33. The van der Waals surface area contributed by atoms with E-state index < -0.39 is 0 Å². The highest BCUT2D eigenvalue weighted by molar-refractivity contribution is 9.10. The first-order chi connectivity index (χ1) is 10.7. The van der Waals surface area contributed by atoms with Gasteiger partial charge in [-0.3, -0.25) is 9.69 Å². The Morgan fingerprint density at radius 2 is 1.68 bits per heavy atom. The molecule has 114 valence electrons. The van der Waals surface area contributed by atoms with Crippen molar-refractivity contribution in [1.29, 1.82) is 0 Å². The van der Waals surface area contributed by atoms with Gasteiger partial charge in [-0.25, -0.2) is 0 Å². The summed E-state index contributed by atoms with van der Waals surface area (Å²) in [5, 5.41) is 0. The molecule has 0 bridgehead atoms. The van der Waals surface area contributed by atoms with Crippen molar-refractivity contribution in [1.82, 2.24) is 9.80 Å². The second kappa shape index (κ2) is 7.07. The zero-order chi connectivity index (χ0) is 15.4. The zero-order valence-electron chi connectivity index (χ0n) is 12.4. The molecular formula is C18H19BrN2O. The van der Waals surface area contributed by atoms with Crippen LogP contribution in [-0.2, 0) is 6.54 Å². The number of hydrogen-bond acceptors (Lipinski definition) is 2. The van der Waals surface area contributed by atoms with E-state index in [1.807, 2.05) is 41.3 Å². The molecule has 1 heterocycles. The summed E-state index contributed by atoms with van der Waals surface area (Å²) in [6, 6.07) is 17.9. The molecule has 1 fully saturated rings. The van der Waals surface area contributed by atoms with E-state index in [2.05, 4.69) is 39.0 Å². The van der Waals surface area contributed by atoms with Gasteiger partial charge in [0.05, 0.1) is 0 Å². The molecule has 4 heteroatoms. The summed E-state index contributed by atoms with van der Waals surface area (Å²) in [6.45, 7) is 4.37. The maximum atomic E-state index is 12.4. The number of halogens is 1. The van der Waals surface area contributed by atoms with Gasteiger partial charge in [0.15, 0.2) is 0 Å². The quantitative estimate of drug-likeness (QED) is 0.839. The van der Waals surface area contributed by atoms with E-state index in [1.54, 1.807) is 0 Å². The molecule has 0 aromatic heterocycles. The van der Waals surface area contributed by atoms with Crippen molar-refractivity contribution < 1.29 is 4.79 Å². The van der Waals surface area contributed by atoms with Crippen LogP contribution in [0.3, 0.4) is 0 Å². The van der Waals surface area contributed by atoms with E-state index >= 15 is 0 Å². The number of carbonyl (C=O) groups excluding carboxylic acids is 1. The Bertz CT molecular complexity index is 637. The molecule has 0 unspecified atom stereocenters. The molecule has 1 saturated heterocycles. The van der Waals surface area contributed by atoms with Crippen LogP contribution in [-0.4, -0.2) is 41.9 Å². The van der Waals surface area contributed by atoms with Crippen LogP contribution in [0, 0.1) is 0 Å². The summed E-state index contributed by atoms with van der Waals surface area (Å²) in [5.74, 6) is 0.141. The zero-order valence-corrected chi connectivity index (χ0v) is 14.0. The van der Waals surface area contributed by atoms with E-state index in [9.17, 15) is 4.79 Å². The molecule has 0 radical (unpaired) electrons. The SMILES string of the molecule is O=C(c1ccccc1)N1CCN(Cc2cccc(Br)c2)CC1.